The molecule has 0 unspecified atom stereocenters. The summed E-state index contributed by atoms with van der Waals surface area (Å²) in [6.07, 6.45) is -2.93. The molecule has 4 atom stereocenters. The van der Waals surface area contributed by atoms with E-state index >= 15 is 0 Å². The van der Waals surface area contributed by atoms with Crippen molar-refractivity contribution in [2.45, 2.75) is 36.9 Å². The second kappa shape index (κ2) is 6.64. The fourth-order valence-corrected chi connectivity index (χ4v) is 3.16. The summed E-state index contributed by atoms with van der Waals surface area (Å²) in [4.78, 5) is 34.0. The summed E-state index contributed by atoms with van der Waals surface area (Å²) < 4.78 is 7.01. The van der Waals surface area contributed by atoms with Crippen LogP contribution in [0.4, 0.5) is 5.95 Å². The first-order valence-corrected chi connectivity index (χ1v) is 7.92. The Labute approximate surface area is 146 Å². The van der Waals surface area contributed by atoms with Gasteiger partial charge in [-0.3, -0.25) is 19.1 Å². The van der Waals surface area contributed by atoms with Crippen molar-refractivity contribution in [3.63, 3.8) is 0 Å². The first kappa shape index (κ1) is 18.3. The SMILES string of the molecule is CNC(=O)CC[C@@]1(n2cnc3c(=O)[nH]c(N)nc32)O[C@H](CO)[C@@H](O)[C@H]1O. The molecule has 2 aromatic rings. The Balaban J connectivity index is 2.16. The summed E-state index contributed by atoms with van der Waals surface area (Å²) in [6.45, 7) is -0.553. The summed E-state index contributed by atoms with van der Waals surface area (Å²) in [5.74, 6) is -0.491. The maximum absolute atomic E-state index is 12.0. The molecule has 1 amide bonds. The lowest BCUT2D eigenvalue weighted by Crippen LogP contribution is -2.46. The number of rotatable bonds is 5. The second-order valence-electron chi connectivity index (χ2n) is 6.03. The Morgan fingerprint density at radius 3 is 2.88 bits per heavy atom. The number of aromatic nitrogens is 4. The van der Waals surface area contributed by atoms with Gasteiger partial charge in [0.15, 0.2) is 16.9 Å². The number of aliphatic hydroxyl groups is 3. The number of fused-ring (bicyclic) bond motifs is 1. The third kappa shape index (κ3) is 2.72. The minimum atomic E-state index is -1.67. The predicted molar refractivity (Wildman–Crippen MR) is 87.8 cm³/mol. The largest absolute Gasteiger partial charge is 0.394 e. The number of hydrogen-bond acceptors (Lipinski definition) is 9. The number of nitrogens with two attached hydrogens (primary N) is 1. The molecule has 142 valence electrons. The number of nitrogens with one attached hydrogen (secondary N) is 2. The highest BCUT2D eigenvalue weighted by Crippen LogP contribution is 2.40. The van der Waals surface area contributed by atoms with Crippen LogP contribution in [-0.2, 0) is 15.3 Å². The zero-order chi connectivity index (χ0) is 19.1. The van der Waals surface area contributed by atoms with Crippen LogP contribution >= 0.6 is 0 Å². The van der Waals surface area contributed by atoms with Gasteiger partial charge in [-0.15, -0.1) is 0 Å². The maximum atomic E-state index is 12.0. The normalized spacial score (nSPS) is 28.5. The van der Waals surface area contributed by atoms with Gasteiger partial charge in [-0.2, -0.15) is 4.98 Å². The highest BCUT2D eigenvalue weighted by atomic mass is 16.6. The average Bonchev–Trinajstić information content (AvgIpc) is 3.14. The van der Waals surface area contributed by atoms with E-state index in [0.29, 0.717) is 0 Å². The third-order valence-electron chi connectivity index (χ3n) is 4.52. The third-order valence-corrected chi connectivity index (χ3v) is 4.52. The summed E-state index contributed by atoms with van der Waals surface area (Å²) >= 11 is 0. The number of aliphatic hydroxyl groups excluding tert-OH is 3. The molecule has 0 aromatic carbocycles. The molecule has 1 aliphatic rings. The number of hydrogen-bond donors (Lipinski definition) is 6. The Morgan fingerprint density at radius 1 is 1.54 bits per heavy atom. The number of carbonyl (C=O) groups is 1. The van der Waals surface area contributed by atoms with E-state index in [-0.39, 0.29) is 35.9 Å². The van der Waals surface area contributed by atoms with Gasteiger partial charge < -0.3 is 31.1 Å². The highest BCUT2D eigenvalue weighted by Gasteiger charge is 2.55. The monoisotopic (exact) mass is 368 g/mol. The van der Waals surface area contributed by atoms with Gasteiger partial charge in [0, 0.05) is 19.9 Å². The maximum Gasteiger partial charge on any atom is 0.280 e. The molecule has 12 heteroatoms. The molecule has 1 saturated heterocycles. The lowest BCUT2D eigenvalue weighted by molar-refractivity contribution is -0.154. The molecule has 1 fully saturated rings. The molecule has 0 radical (unpaired) electrons. The molecule has 26 heavy (non-hydrogen) atoms. The van der Waals surface area contributed by atoms with Crippen molar-refractivity contribution in [3.8, 4) is 0 Å². The quantitative estimate of drug-likeness (QED) is 0.319. The van der Waals surface area contributed by atoms with Crippen molar-refractivity contribution in [1.82, 2.24) is 24.8 Å². The van der Waals surface area contributed by atoms with E-state index in [4.69, 9.17) is 10.5 Å². The van der Waals surface area contributed by atoms with Crippen molar-refractivity contribution in [3.05, 3.63) is 16.7 Å². The van der Waals surface area contributed by atoms with E-state index in [2.05, 4.69) is 20.3 Å². The summed E-state index contributed by atoms with van der Waals surface area (Å²) in [7, 11) is 1.46. The zero-order valence-corrected chi connectivity index (χ0v) is 13.9. The summed E-state index contributed by atoms with van der Waals surface area (Å²) in [6, 6.07) is 0. The number of carbonyl (C=O) groups excluding carboxylic acids is 1. The molecule has 3 heterocycles. The number of imidazole rings is 1. The minimum Gasteiger partial charge on any atom is -0.394 e. The van der Waals surface area contributed by atoms with Gasteiger partial charge in [-0.05, 0) is 0 Å². The first-order chi connectivity index (χ1) is 12.3. The second-order valence-corrected chi connectivity index (χ2v) is 6.03. The lowest BCUT2D eigenvalue weighted by Gasteiger charge is -2.33. The number of H-pyrrole nitrogens is 1. The number of anilines is 1. The molecule has 0 saturated carbocycles. The van der Waals surface area contributed by atoms with E-state index < -0.39 is 36.2 Å². The highest BCUT2D eigenvalue weighted by molar-refractivity contribution is 5.75. The van der Waals surface area contributed by atoms with Gasteiger partial charge >= 0.3 is 0 Å². The smallest absolute Gasteiger partial charge is 0.280 e. The first-order valence-electron chi connectivity index (χ1n) is 7.92. The van der Waals surface area contributed by atoms with Gasteiger partial charge in [0.05, 0.1) is 12.9 Å². The van der Waals surface area contributed by atoms with Crippen molar-refractivity contribution in [1.29, 1.82) is 0 Å². The van der Waals surface area contributed by atoms with Crippen molar-refractivity contribution in [2.24, 2.45) is 0 Å². The van der Waals surface area contributed by atoms with Crippen LogP contribution in [0.5, 0.6) is 0 Å². The molecule has 1 aliphatic heterocycles. The molecule has 0 bridgehead atoms. The van der Waals surface area contributed by atoms with Crippen LogP contribution in [-0.4, -0.2) is 72.7 Å². The van der Waals surface area contributed by atoms with Crippen LogP contribution in [0.1, 0.15) is 12.8 Å². The zero-order valence-electron chi connectivity index (χ0n) is 13.9. The number of aromatic amines is 1. The number of nitrogen functional groups attached to an aromatic ring is 1. The fourth-order valence-electron chi connectivity index (χ4n) is 3.16. The molecular formula is C14H20N6O6. The molecular weight excluding hydrogens is 348 g/mol. The Hall–Kier alpha value is -2.54. The van der Waals surface area contributed by atoms with Crippen LogP contribution in [0, 0.1) is 0 Å². The van der Waals surface area contributed by atoms with E-state index in [1.807, 2.05) is 0 Å². The van der Waals surface area contributed by atoms with Crippen molar-refractivity contribution >= 4 is 23.0 Å². The number of amides is 1. The van der Waals surface area contributed by atoms with Gasteiger partial charge in [-0.1, -0.05) is 0 Å². The standard InChI is InChI=1S/C14H20N6O6/c1-16-7(22)2-3-14(10(24)9(23)6(4-21)26-14)20-5-17-8-11(20)18-13(15)19-12(8)25/h5-6,9-10,21,23-24H,2-4H2,1H3,(H,16,22)(H3,15,18,19,25)/t6-,9-,10-,14-/m1/s1. The van der Waals surface area contributed by atoms with E-state index in [0.717, 1.165) is 0 Å². The lowest BCUT2D eigenvalue weighted by atomic mass is 9.97. The Kier molecular flexibility index (Phi) is 4.66. The molecule has 3 rings (SSSR count). The fraction of sp³-hybridized carbons (Fsp3) is 0.571. The topological polar surface area (TPSA) is 189 Å². The van der Waals surface area contributed by atoms with Crippen molar-refractivity contribution in [2.75, 3.05) is 19.4 Å². The molecule has 0 aliphatic carbocycles. The summed E-state index contributed by atoms with van der Waals surface area (Å²) in [5.41, 5.74) is 3.32. The Morgan fingerprint density at radius 2 is 2.27 bits per heavy atom. The average molecular weight is 368 g/mol. The van der Waals surface area contributed by atoms with Crippen molar-refractivity contribution < 1.29 is 24.9 Å². The van der Waals surface area contributed by atoms with Crippen LogP contribution in [0.2, 0.25) is 0 Å². The van der Waals surface area contributed by atoms with E-state index in [9.17, 15) is 24.9 Å². The van der Waals surface area contributed by atoms with Gasteiger partial charge in [-0.25, -0.2) is 4.98 Å². The van der Waals surface area contributed by atoms with Gasteiger partial charge in [0.2, 0.25) is 11.9 Å². The van der Waals surface area contributed by atoms with Crippen LogP contribution in [0.3, 0.4) is 0 Å². The van der Waals surface area contributed by atoms with Gasteiger partial charge in [0.1, 0.15) is 18.3 Å². The number of nitrogens with zero attached hydrogens (tertiary/aromatic N) is 3. The molecule has 2 aromatic heterocycles. The predicted octanol–water partition coefficient (Wildman–Crippen LogP) is -3.01. The minimum absolute atomic E-state index is 0.0213. The van der Waals surface area contributed by atoms with E-state index in [1.54, 1.807) is 0 Å². The molecule has 7 N–H and O–H groups in total. The Bertz CT molecular complexity index is 880. The molecule has 12 nitrogen and oxygen atoms in total. The van der Waals surface area contributed by atoms with Crippen LogP contribution < -0.4 is 16.6 Å². The van der Waals surface area contributed by atoms with Crippen LogP contribution in [0.15, 0.2) is 11.1 Å². The number of ether oxygens (including phenoxy) is 1. The van der Waals surface area contributed by atoms with Gasteiger partial charge in [0.25, 0.3) is 5.56 Å². The summed E-state index contributed by atoms with van der Waals surface area (Å²) in [5, 5.41) is 32.7. The van der Waals surface area contributed by atoms with Crippen LogP contribution in [0.25, 0.3) is 11.2 Å². The molecule has 0 spiro atoms. The van der Waals surface area contributed by atoms with E-state index in [1.165, 1.54) is 17.9 Å².